The molecule has 116 valence electrons. The van der Waals surface area contributed by atoms with Gasteiger partial charge in [0.15, 0.2) is 0 Å². The lowest BCUT2D eigenvalue weighted by Crippen LogP contribution is -2.15. The number of aryl methyl sites for hydroxylation is 2. The second kappa shape index (κ2) is 9.98. The largest absolute Gasteiger partial charge is 0.323 e. The Labute approximate surface area is 124 Å². The molecule has 2 N–H and O–H groups in total. The van der Waals surface area contributed by atoms with Gasteiger partial charge in [-0.15, -0.1) is 0 Å². The van der Waals surface area contributed by atoms with Crippen molar-refractivity contribution in [2.45, 2.75) is 91.1 Å². The van der Waals surface area contributed by atoms with E-state index in [1.54, 1.807) is 0 Å². The Balaban J connectivity index is 2.15. The molecule has 0 bridgehead atoms. The first kappa shape index (κ1) is 17.2. The summed E-state index contributed by atoms with van der Waals surface area (Å²) in [5.41, 5.74) is 8.58. The predicted octanol–water partition coefficient (Wildman–Crippen LogP) is 4.74. The number of nitrogens with two attached hydrogens (primary N) is 1. The molecule has 0 aliphatic carbocycles. The van der Waals surface area contributed by atoms with E-state index in [1.807, 2.05) is 11.6 Å². The molecule has 0 aliphatic heterocycles. The van der Waals surface area contributed by atoms with E-state index in [-0.39, 0.29) is 6.04 Å². The summed E-state index contributed by atoms with van der Waals surface area (Å²) in [5.74, 6) is 0. The quantitative estimate of drug-likeness (QED) is 0.594. The van der Waals surface area contributed by atoms with Crippen molar-refractivity contribution in [3.63, 3.8) is 0 Å². The van der Waals surface area contributed by atoms with E-state index < -0.39 is 0 Å². The van der Waals surface area contributed by atoms with Gasteiger partial charge in [-0.05, 0) is 26.3 Å². The van der Waals surface area contributed by atoms with Gasteiger partial charge in [0, 0.05) is 12.6 Å². The Bertz CT molecular complexity index is 357. The predicted molar refractivity (Wildman–Crippen MR) is 86.8 cm³/mol. The molecule has 0 saturated heterocycles. The molecule has 0 spiro atoms. The van der Waals surface area contributed by atoms with Crippen LogP contribution in [0.15, 0.2) is 6.07 Å². The maximum atomic E-state index is 6.30. The van der Waals surface area contributed by atoms with Crippen LogP contribution in [-0.2, 0) is 6.54 Å². The number of hydrogen-bond donors (Lipinski definition) is 1. The van der Waals surface area contributed by atoms with Crippen molar-refractivity contribution in [3.8, 4) is 0 Å². The number of unbranched alkanes of at least 4 members (excludes halogenated alkanes) is 7. The number of aromatic nitrogens is 2. The first-order chi connectivity index (χ1) is 9.69. The summed E-state index contributed by atoms with van der Waals surface area (Å²) in [6.07, 6.45) is 11.9. The first-order valence-corrected chi connectivity index (χ1v) is 8.49. The highest BCUT2D eigenvalue weighted by Crippen LogP contribution is 2.19. The molecule has 1 aromatic heterocycles. The highest BCUT2D eigenvalue weighted by atomic mass is 15.3. The van der Waals surface area contributed by atoms with Gasteiger partial charge in [0.05, 0.1) is 11.4 Å². The van der Waals surface area contributed by atoms with Gasteiger partial charge in [-0.2, -0.15) is 5.10 Å². The van der Waals surface area contributed by atoms with Gasteiger partial charge in [-0.1, -0.05) is 58.3 Å². The summed E-state index contributed by atoms with van der Waals surface area (Å²) in [4.78, 5) is 0. The minimum absolute atomic E-state index is 0.149. The van der Waals surface area contributed by atoms with Crippen LogP contribution in [0.25, 0.3) is 0 Å². The van der Waals surface area contributed by atoms with Crippen LogP contribution in [-0.4, -0.2) is 9.78 Å². The van der Waals surface area contributed by atoms with Crippen LogP contribution >= 0.6 is 0 Å². The van der Waals surface area contributed by atoms with E-state index in [1.165, 1.54) is 57.1 Å². The van der Waals surface area contributed by atoms with Crippen LogP contribution in [0.1, 0.15) is 89.1 Å². The standard InChI is InChI=1S/C17H33N3/c1-4-6-7-8-9-10-11-12-13-16(18)17-14-15(3)19-20(17)5-2/h14,16H,4-13,18H2,1-3H3. The second-order valence-electron chi connectivity index (χ2n) is 5.90. The molecule has 1 atom stereocenters. The third-order valence-electron chi connectivity index (χ3n) is 3.98. The lowest BCUT2D eigenvalue weighted by Gasteiger charge is -2.13. The summed E-state index contributed by atoms with van der Waals surface area (Å²) in [6, 6.07) is 2.29. The SMILES string of the molecule is CCCCCCCCCCC(N)c1cc(C)nn1CC. The zero-order chi connectivity index (χ0) is 14.8. The number of hydrogen-bond acceptors (Lipinski definition) is 2. The van der Waals surface area contributed by atoms with E-state index in [2.05, 4.69) is 25.0 Å². The normalized spacial score (nSPS) is 12.8. The molecule has 0 radical (unpaired) electrons. The summed E-state index contributed by atoms with van der Waals surface area (Å²) < 4.78 is 2.05. The van der Waals surface area contributed by atoms with Crippen LogP contribution in [0.5, 0.6) is 0 Å². The van der Waals surface area contributed by atoms with Crippen LogP contribution in [0.4, 0.5) is 0 Å². The Kier molecular flexibility index (Phi) is 8.59. The van der Waals surface area contributed by atoms with Crippen molar-refractivity contribution in [2.24, 2.45) is 5.73 Å². The van der Waals surface area contributed by atoms with Gasteiger partial charge in [0.25, 0.3) is 0 Å². The lowest BCUT2D eigenvalue weighted by atomic mass is 10.0. The average molecular weight is 279 g/mol. The van der Waals surface area contributed by atoms with Crippen molar-refractivity contribution < 1.29 is 0 Å². The fraction of sp³-hybridized carbons (Fsp3) is 0.824. The van der Waals surface area contributed by atoms with Gasteiger partial charge in [-0.25, -0.2) is 0 Å². The minimum Gasteiger partial charge on any atom is -0.323 e. The fourth-order valence-corrected chi connectivity index (χ4v) is 2.76. The number of nitrogens with zero attached hydrogens (tertiary/aromatic N) is 2. The van der Waals surface area contributed by atoms with Crippen LogP contribution in [0, 0.1) is 6.92 Å². The van der Waals surface area contributed by atoms with Gasteiger partial charge < -0.3 is 5.73 Å². The minimum atomic E-state index is 0.149. The van der Waals surface area contributed by atoms with Crippen LogP contribution < -0.4 is 5.73 Å². The van der Waals surface area contributed by atoms with Gasteiger partial charge in [0.1, 0.15) is 0 Å². The molecule has 0 saturated carbocycles. The molecule has 0 amide bonds. The van der Waals surface area contributed by atoms with Crippen molar-refractivity contribution in [1.29, 1.82) is 0 Å². The molecule has 0 aromatic carbocycles. The van der Waals surface area contributed by atoms with E-state index in [0.29, 0.717) is 0 Å². The van der Waals surface area contributed by atoms with Gasteiger partial charge >= 0.3 is 0 Å². The molecular weight excluding hydrogens is 246 g/mol. The van der Waals surface area contributed by atoms with Crippen molar-refractivity contribution in [2.75, 3.05) is 0 Å². The molecular formula is C17H33N3. The summed E-state index contributed by atoms with van der Waals surface area (Å²) in [5, 5.41) is 4.47. The Morgan fingerprint density at radius 1 is 1.05 bits per heavy atom. The van der Waals surface area contributed by atoms with E-state index in [0.717, 1.165) is 18.7 Å². The second-order valence-corrected chi connectivity index (χ2v) is 5.90. The van der Waals surface area contributed by atoms with E-state index >= 15 is 0 Å². The van der Waals surface area contributed by atoms with Gasteiger partial charge in [0.2, 0.25) is 0 Å². The Morgan fingerprint density at radius 2 is 1.65 bits per heavy atom. The maximum absolute atomic E-state index is 6.30. The molecule has 1 aromatic rings. The van der Waals surface area contributed by atoms with Crippen molar-refractivity contribution in [1.82, 2.24) is 9.78 Å². The average Bonchev–Trinajstić information content (AvgIpc) is 2.83. The Hall–Kier alpha value is -0.830. The summed E-state index contributed by atoms with van der Waals surface area (Å²) in [7, 11) is 0. The molecule has 1 unspecified atom stereocenters. The van der Waals surface area contributed by atoms with E-state index in [9.17, 15) is 0 Å². The number of rotatable bonds is 11. The van der Waals surface area contributed by atoms with Crippen LogP contribution in [0.3, 0.4) is 0 Å². The lowest BCUT2D eigenvalue weighted by molar-refractivity contribution is 0.505. The van der Waals surface area contributed by atoms with Crippen LogP contribution in [0.2, 0.25) is 0 Å². The monoisotopic (exact) mass is 279 g/mol. The molecule has 1 heterocycles. The van der Waals surface area contributed by atoms with E-state index in [4.69, 9.17) is 5.73 Å². The highest BCUT2D eigenvalue weighted by Gasteiger charge is 2.12. The maximum Gasteiger partial charge on any atom is 0.0597 e. The zero-order valence-corrected chi connectivity index (χ0v) is 13.7. The van der Waals surface area contributed by atoms with Crippen molar-refractivity contribution in [3.05, 3.63) is 17.5 Å². The Morgan fingerprint density at radius 3 is 2.25 bits per heavy atom. The molecule has 0 fully saturated rings. The third-order valence-corrected chi connectivity index (χ3v) is 3.98. The van der Waals surface area contributed by atoms with Crippen molar-refractivity contribution >= 4 is 0 Å². The topological polar surface area (TPSA) is 43.8 Å². The fourth-order valence-electron chi connectivity index (χ4n) is 2.76. The molecule has 3 heteroatoms. The molecule has 0 aliphatic rings. The molecule has 1 rings (SSSR count). The molecule has 3 nitrogen and oxygen atoms in total. The van der Waals surface area contributed by atoms with Gasteiger partial charge in [-0.3, -0.25) is 4.68 Å². The smallest absolute Gasteiger partial charge is 0.0597 e. The summed E-state index contributed by atoms with van der Waals surface area (Å²) in [6.45, 7) is 7.34. The molecule has 20 heavy (non-hydrogen) atoms. The summed E-state index contributed by atoms with van der Waals surface area (Å²) >= 11 is 0. The zero-order valence-electron chi connectivity index (χ0n) is 13.7. The first-order valence-electron chi connectivity index (χ1n) is 8.49. The highest BCUT2D eigenvalue weighted by molar-refractivity contribution is 5.12. The third kappa shape index (κ3) is 6.08.